The van der Waals surface area contributed by atoms with Crippen LogP contribution in [0.4, 0.5) is 4.39 Å². The summed E-state index contributed by atoms with van der Waals surface area (Å²) >= 11 is 3.36. The van der Waals surface area contributed by atoms with E-state index in [1.165, 1.54) is 12.1 Å². The van der Waals surface area contributed by atoms with Gasteiger partial charge in [0, 0.05) is 16.4 Å². The van der Waals surface area contributed by atoms with Crippen LogP contribution in [-0.2, 0) is 6.42 Å². The zero-order chi connectivity index (χ0) is 13.8. The molecule has 0 aliphatic carbocycles. The highest BCUT2D eigenvalue weighted by molar-refractivity contribution is 9.10. The fourth-order valence-electron chi connectivity index (χ4n) is 1.87. The van der Waals surface area contributed by atoms with Crippen molar-refractivity contribution in [3.8, 4) is 0 Å². The Morgan fingerprint density at radius 1 is 1.37 bits per heavy atom. The maximum atomic E-state index is 13.1. The molecule has 19 heavy (non-hydrogen) atoms. The van der Waals surface area contributed by atoms with Crippen LogP contribution in [0.1, 0.15) is 22.9 Å². The lowest BCUT2D eigenvalue weighted by Gasteiger charge is -2.17. The van der Waals surface area contributed by atoms with Crippen molar-refractivity contribution in [3.05, 3.63) is 63.6 Å². The van der Waals surface area contributed by atoms with Gasteiger partial charge >= 0.3 is 0 Å². The van der Waals surface area contributed by atoms with E-state index in [9.17, 15) is 4.39 Å². The highest BCUT2D eigenvalue weighted by Crippen LogP contribution is 2.24. The molecule has 1 aromatic carbocycles. The standard InChI is InChI=1S/C14H15BrFN3/c1-9-2-3-11(8-18-9)14(19-17)6-10-4-5-12(16)7-13(10)15/h2-5,7-8,14,19H,6,17H2,1H3. The second-order valence-corrected chi connectivity index (χ2v) is 5.25. The zero-order valence-electron chi connectivity index (χ0n) is 10.5. The third-order valence-electron chi connectivity index (χ3n) is 2.98. The van der Waals surface area contributed by atoms with Crippen molar-refractivity contribution in [1.29, 1.82) is 0 Å². The Morgan fingerprint density at radius 2 is 2.16 bits per heavy atom. The van der Waals surface area contributed by atoms with Crippen LogP contribution in [0.3, 0.4) is 0 Å². The Balaban J connectivity index is 2.21. The van der Waals surface area contributed by atoms with Crippen LogP contribution < -0.4 is 11.3 Å². The normalized spacial score (nSPS) is 12.4. The first kappa shape index (κ1) is 14.1. The van der Waals surface area contributed by atoms with Crippen LogP contribution in [-0.4, -0.2) is 4.98 Å². The van der Waals surface area contributed by atoms with Gasteiger partial charge in [-0.3, -0.25) is 16.3 Å². The average molecular weight is 324 g/mol. The number of aryl methyl sites for hydroxylation is 1. The fourth-order valence-corrected chi connectivity index (χ4v) is 2.38. The van der Waals surface area contributed by atoms with E-state index in [1.807, 2.05) is 19.1 Å². The maximum absolute atomic E-state index is 13.1. The Labute approximate surface area is 120 Å². The van der Waals surface area contributed by atoms with Crippen LogP contribution in [0, 0.1) is 12.7 Å². The molecular weight excluding hydrogens is 309 g/mol. The summed E-state index contributed by atoms with van der Waals surface area (Å²) in [6, 6.07) is 8.53. The summed E-state index contributed by atoms with van der Waals surface area (Å²) in [5, 5.41) is 0. The van der Waals surface area contributed by atoms with Crippen molar-refractivity contribution < 1.29 is 4.39 Å². The predicted octanol–water partition coefficient (Wildman–Crippen LogP) is 3.04. The third-order valence-corrected chi connectivity index (χ3v) is 3.72. The van der Waals surface area contributed by atoms with Gasteiger partial charge in [0.2, 0.25) is 0 Å². The molecule has 0 saturated heterocycles. The molecule has 1 aromatic heterocycles. The smallest absolute Gasteiger partial charge is 0.124 e. The number of rotatable bonds is 4. The number of hydrazine groups is 1. The number of pyridine rings is 1. The SMILES string of the molecule is Cc1ccc(C(Cc2ccc(F)cc2Br)NN)cn1. The molecule has 1 heterocycles. The van der Waals surface area contributed by atoms with Crippen molar-refractivity contribution in [2.75, 3.05) is 0 Å². The molecular formula is C14H15BrFN3. The summed E-state index contributed by atoms with van der Waals surface area (Å²) in [7, 11) is 0. The molecule has 5 heteroatoms. The molecule has 0 saturated carbocycles. The maximum Gasteiger partial charge on any atom is 0.124 e. The Bertz CT molecular complexity index is 557. The molecule has 0 aliphatic rings. The second kappa shape index (κ2) is 6.23. The van der Waals surface area contributed by atoms with Gasteiger partial charge in [0.1, 0.15) is 5.82 Å². The molecule has 1 atom stereocenters. The number of halogens is 2. The summed E-state index contributed by atoms with van der Waals surface area (Å²) in [4.78, 5) is 4.26. The van der Waals surface area contributed by atoms with Crippen LogP contribution in [0.25, 0.3) is 0 Å². The molecule has 0 spiro atoms. The first-order valence-corrected chi connectivity index (χ1v) is 6.72. The lowest BCUT2D eigenvalue weighted by molar-refractivity contribution is 0.548. The first-order valence-electron chi connectivity index (χ1n) is 5.92. The Morgan fingerprint density at radius 3 is 2.74 bits per heavy atom. The van der Waals surface area contributed by atoms with Crippen molar-refractivity contribution in [1.82, 2.24) is 10.4 Å². The van der Waals surface area contributed by atoms with E-state index in [0.717, 1.165) is 21.3 Å². The molecule has 2 rings (SSSR count). The largest absolute Gasteiger partial charge is 0.271 e. The quantitative estimate of drug-likeness (QED) is 0.671. The van der Waals surface area contributed by atoms with Gasteiger partial charge in [-0.15, -0.1) is 0 Å². The van der Waals surface area contributed by atoms with Gasteiger partial charge in [0.15, 0.2) is 0 Å². The summed E-state index contributed by atoms with van der Waals surface area (Å²) in [6.45, 7) is 1.94. The van der Waals surface area contributed by atoms with E-state index in [0.29, 0.717) is 6.42 Å². The van der Waals surface area contributed by atoms with Gasteiger partial charge in [-0.1, -0.05) is 28.1 Å². The van der Waals surface area contributed by atoms with E-state index in [4.69, 9.17) is 5.84 Å². The van der Waals surface area contributed by atoms with Crippen LogP contribution >= 0.6 is 15.9 Å². The minimum Gasteiger partial charge on any atom is -0.271 e. The number of benzene rings is 1. The number of nitrogens with two attached hydrogens (primary N) is 1. The fraction of sp³-hybridized carbons (Fsp3) is 0.214. The molecule has 0 bridgehead atoms. The number of hydrogen-bond donors (Lipinski definition) is 2. The van der Waals surface area contributed by atoms with Crippen LogP contribution in [0.15, 0.2) is 41.0 Å². The third kappa shape index (κ3) is 3.59. The van der Waals surface area contributed by atoms with Crippen molar-refractivity contribution in [2.45, 2.75) is 19.4 Å². The van der Waals surface area contributed by atoms with E-state index >= 15 is 0 Å². The molecule has 0 radical (unpaired) electrons. The number of aromatic nitrogens is 1. The second-order valence-electron chi connectivity index (χ2n) is 4.39. The lowest BCUT2D eigenvalue weighted by atomic mass is 10.0. The molecule has 1 unspecified atom stereocenters. The summed E-state index contributed by atoms with van der Waals surface area (Å²) in [5.74, 6) is 5.34. The summed E-state index contributed by atoms with van der Waals surface area (Å²) in [6.07, 6.45) is 2.46. The molecule has 3 nitrogen and oxygen atoms in total. The summed E-state index contributed by atoms with van der Waals surface area (Å²) < 4.78 is 13.8. The average Bonchev–Trinajstić information content (AvgIpc) is 2.39. The summed E-state index contributed by atoms with van der Waals surface area (Å²) in [5.41, 5.74) is 5.73. The molecule has 3 N–H and O–H groups in total. The van der Waals surface area contributed by atoms with Crippen molar-refractivity contribution >= 4 is 15.9 Å². The first-order chi connectivity index (χ1) is 9.10. The molecule has 0 fully saturated rings. The van der Waals surface area contributed by atoms with E-state index < -0.39 is 0 Å². The number of nitrogens with zero attached hydrogens (tertiary/aromatic N) is 1. The zero-order valence-corrected chi connectivity index (χ0v) is 12.1. The van der Waals surface area contributed by atoms with Gasteiger partial charge in [-0.2, -0.15) is 0 Å². The lowest BCUT2D eigenvalue weighted by Crippen LogP contribution is -2.29. The highest BCUT2D eigenvalue weighted by Gasteiger charge is 2.13. The van der Waals surface area contributed by atoms with Crippen LogP contribution in [0.5, 0.6) is 0 Å². The van der Waals surface area contributed by atoms with Crippen molar-refractivity contribution in [3.63, 3.8) is 0 Å². The van der Waals surface area contributed by atoms with Gasteiger partial charge in [-0.05, 0) is 42.7 Å². The topological polar surface area (TPSA) is 50.9 Å². The minimum atomic E-state index is -0.259. The van der Waals surface area contributed by atoms with Crippen molar-refractivity contribution in [2.24, 2.45) is 5.84 Å². The number of nitrogens with one attached hydrogen (secondary N) is 1. The van der Waals surface area contributed by atoms with E-state index in [2.05, 4.69) is 26.3 Å². The molecule has 0 aliphatic heterocycles. The Kier molecular flexibility index (Phi) is 4.63. The van der Waals surface area contributed by atoms with Gasteiger partial charge < -0.3 is 0 Å². The van der Waals surface area contributed by atoms with E-state index in [1.54, 1.807) is 12.3 Å². The molecule has 0 amide bonds. The monoisotopic (exact) mass is 323 g/mol. The Hall–Kier alpha value is -1.30. The van der Waals surface area contributed by atoms with Gasteiger partial charge in [0.05, 0.1) is 6.04 Å². The molecule has 100 valence electrons. The van der Waals surface area contributed by atoms with Gasteiger partial charge in [0.25, 0.3) is 0 Å². The minimum absolute atomic E-state index is 0.0603. The molecule has 2 aromatic rings. The predicted molar refractivity (Wildman–Crippen MR) is 76.8 cm³/mol. The van der Waals surface area contributed by atoms with Gasteiger partial charge in [-0.25, -0.2) is 4.39 Å². The van der Waals surface area contributed by atoms with E-state index in [-0.39, 0.29) is 11.9 Å². The van der Waals surface area contributed by atoms with Crippen LogP contribution in [0.2, 0.25) is 0 Å². The highest BCUT2D eigenvalue weighted by atomic mass is 79.9. The number of hydrogen-bond acceptors (Lipinski definition) is 3.